The van der Waals surface area contributed by atoms with Gasteiger partial charge in [-0.2, -0.15) is 5.26 Å². The molecule has 2 aromatic rings. The number of nitrogens with zero attached hydrogens (tertiary/aromatic N) is 3. The van der Waals surface area contributed by atoms with E-state index in [1.807, 2.05) is 18.2 Å². The van der Waals surface area contributed by atoms with Gasteiger partial charge >= 0.3 is 0 Å². The molecule has 3 rings (SSSR count). The summed E-state index contributed by atoms with van der Waals surface area (Å²) in [4.78, 5) is 7.06. The molecule has 0 saturated carbocycles. The molecular formula is C19H22N4. The van der Waals surface area contributed by atoms with Crippen molar-refractivity contribution in [3.8, 4) is 17.2 Å². The van der Waals surface area contributed by atoms with E-state index in [1.54, 1.807) is 0 Å². The third-order valence-corrected chi connectivity index (χ3v) is 4.22. The number of nitrogens with one attached hydrogen (secondary N) is 1. The lowest BCUT2D eigenvalue weighted by atomic mass is 9.97. The van der Waals surface area contributed by atoms with E-state index in [1.165, 1.54) is 0 Å². The van der Waals surface area contributed by atoms with Crippen molar-refractivity contribution in [2.75, 3.05) is 31.1 Å². The molecule has 4 nitrogen and oxygen atoms in total. The predicted octanol–water partition coefficient (Wildman–Crippen LogP) is 3.15. The topological polar surface area (TPSA) is 52.0 Å². The zero-order valence-corrected chi connectivity index (χ0v) is 13.7. The van der Waals surface area contributed by atoms with E-state index >= 15 is 0 Å². The fourth-order valence-electron chi connectivity index (χ4n) is 2.91. The second kappa shape index (κ2) is 6.80. The van der Waals surface area contributed by atoms with E-state index in [2.05, 4.69) is 48.3 Å². The number of hydrogen-bond acceptors (Lipinski definition) is 4. The Kier molecular flexibility index (Phi) is 4.59. The Bertz CT molecular complexity index is 710. The lowest BCUT2D eigenvalue weighted by Crippen LogP contribution is -2.44. The van der Waals surface area contributed by atoms with Gasteiger partial charge in [-0.3, -0.25) is 0 Å². The summed E-state index contributed by atoms with van der Waals surface area (Å²) in [5.74, 6) is 1.16. The fourth-order valence-corrected chi connectivity index (χ4v) is 2.91. The van der Waals surface area contributed by atoms with Crippen LogP contribution in [0.1, 0.15) is 31.0 Å². The van der Waals surface area contributed by atoms with Crippen LogP contribution in [-0.4, -0.2) is 31.2 Å². The normalized spacial score (nSPS) is 14.8. The van der Waals surface area contributed by atoms with E-state index < -0.39 is 0 Å². The first-order chi connectivity index (χ1) is 11.2. The summed E-state index contributed by atoms with van der Waals surface area (Å²) in [6, 6.07) is 14.6. The highest BCUT2D eigenvalue weighted by Crippen LogP contribution is 2.32. The van der Waals surface area contributed by atoms with Crippen molar-refractivity contribution in [2.24, 2.45) is 0 Å². The van der Waals surface area contributed by atoms with Gasteiger partial charge in [0.1, 0.15) is 17.5 Å². The molecule has 2 heterocycles. The number of benzene rings is 1. The summed E-state index contributed by atoms with van der Waals surface area (Å²) < 4.78 is 0. The third kappa shape index (κ3) is 3.20. The molecule has 0 aliphatic carbocycles. The van der Waals surface area contributed by atoms with Crippen LogP contribution in [0.25, 0.3) is 11.1 Å². The van der Waals surface area contributed by atoms with Crippen LogP contribution in [0.3, 0.4) is 0 Å². The lowest BCUT2D eigenvalue weighted by molar-refractivity contribution is 0.583. The molecule has 118 valence electrons. The molecule has 1 N–H and O–H groups in total. The van der Waals surface area contributed by atoms with Crippen LogP contribution in [-0.2, 0) is 0 Å². The van der Waals surface area contributed by atoms with Gasteiger partial charge in [0.25, 0.3) is 0 Å². The van der Waals surface area contributed by atoms with Gasteiger partial charge in [0, 0.05) is 37.4 Å². The standard InChI is InChI=1S/C19H22N4/c1-14(2)18-12-16(15-6-4-3-5-7-15)17(13-20)19(22-18)23-10-8-21-9-11-23/h3-7,12,14,21H,8-11H2,1-2H3. The van der Waals surface area contributed by atoms with Gasteiger partial charge in [-0.25, -0.2) is 4.98 Å². The molecule has 1 aromatic carbocycles. The van der Waals surface area contributed by atoms with Crippen molar-refractivity contribution in [3.05, 3.63) is 47.7 Å². The van der Waals surface area contributed by atoms with Crippen LogP contribution in [0.5, 0.6) is 0 Å². The van der Waals surface area contributed by atoms with Gasteiger partial charge in [0.15, 0.2) is 0 Å². The zero-order valence-electron chi connectivity index (χ0n) is 13.7. The summed E-state index contributed by atoms with van der Waals surface area (Å²) >= 11 is 0. The van der Waals surface area contributed by atoms with Gasteiger partial charge in [0.05, 0.1) is 0 Å². The molecule has 23 heavy (non-hydrogen) atoms. The summed E-state index contributed by atoms with van der Waals surface area (Å²) in [6.07, 6.45) is 0. The molecule has 0 unspecified atom stereocenters. The predicted molar refractivity (Wildman–Crippen MR) is 93.6 cm³/mol. The van der Waals surface area contributed by atoms with Crippen LogP contribution < -0.4 is 10.2 Å². The highest BCUT2D eigenvalue weighted by Gasteiger charge is 2.21. The highest BCUT2D eigenvalue weighted by molar-refractivity contribution is 5.77. The van der Waals surface area contributed by atoms with E-state index in [-0.39, 0.29) is 0 Å². The largest absolute Gasteiger partial charge is 0.353 e. The number of aromatic nitrogens is 1. The van der Waals surface area contributed by atoms with Crippen LogP contribution in [0.15, 0.2) is 36.4 Å². The minimum Gasteiger partial charge on any atom is -0.353 e. The fraction of sp³-hybridized carbons (Fsp3) is 0.368. The second-order valence-electron chi connectivity index (χ2n) is 6.16. The summed E-state index contributed by atoms with van der Waals surface area (Å²) in [5.41, 5.74) is 3.78. The number of piperazine rings is 1. The molecule has 4 heteroatoms. The quantitative estimate of drug-likeness (QED) is 0.946. The van der Waals surface area contributed by atoms with Gasteiger partial charge in [0.2, 0.25) is 0 Å². The maximum Gasteiger partial charge on any atom is 0.147 e. The average molecular weight is 306 g/mol. The highest BCUT2D eigenvalue weighted by atomic mass is 15.2. The number of anilines is 1. The maximum absolute atomic E-state index is 9.79. The third-order valence-electron chi connectivity index (χ3n) is 4.22. The molecule has 1 aromatic heterocycles. The van der Waals surface area contributed by atoms with Gasteiger partial charge in [-0.15, -0.1) is 0 Å². The molecule has 0 spiro atoms. The van der Waals surface area contributed by atoms with Crippen molar-refractivity contribution < 1.29 is 0 Å². The molecule has 1 fully saturated rings. The van der Waals surface area contributed by atoms with E-state index in [0.717, 1.165) is 48.8 Å². The molecule has 0 radical (unpaired) electrons. The van der Waals surface area contributed by atoms with Crippen molar-refractivity contribution in [1.29, 1.82) is 5.26 Å². The summed E-state index contributed by atoms with van der Waals surface area (Å²) in [5, 5.41) is 13.1. The zero-order chi connectivity index (χ0) is 16.2. The van der Waals surface area contributed by atoms with E-state index in [9.17, 15) is 5.26 Å². The molecular weight excluding hydrogens is 284 g/mol. The SMILES string of the molecule is CC(C)c1cc(-c2ccccc2)c(C#N)c(N2CCNCC2)n1. The van der Waals surface area contributed by atoms with E-state index in [0.29, 0.717) is 11.5 Å². The van der Waals surface area contributed by atoms with Gasteiger partial charge in [-0.05, 0) is 17.5 Å². The van der Waals surface area contributed by atoms with Crippen molar-refractivity contribution >= 4 is 5.82 Å². The van der Waals surface area contributed by atoms with E-state index in [4.69, 9.17) is 4.98 Å². The van der Waals surface area contributed by atoms with Crippen LogP contribution >= 0.6 is 0 Å². The number of hydrogen-bond donors (Lipinski definition) is 1. The first kappa shape index (κ1) is 15.5. The smallest absolute Gasteiger partial charge is 0.147 e. The minimum atomic E-state index is 0.326. The molecule has 1 aliphatic rings. The number of nitriles is 1. The molecule has 1 aliphatic heterocycles. The summed E-state index contributed by atoms with van der Waals surface area (Å²) in [7, 11) is 0. The Hall–Kier alpha value is -2.38. The van der Waals surface area contributed by atoms with Crippen LogP contribution in [0.4, 0.5) is 5.82 Å². The van der Waals surface area contributed by atoms with Crippen LogP contribution in [0.2, 0.25) is 0 Å². The van der Waals surface area contributed by atoms with Crippen LogP contribution in [0, 0.1) is 11.3 Å². The molecule has 0 atom stereocenters. The maximum atomic E-state index is 9.79. The Labute approximate surface area is 137 Å². The molecule has 0 bridgehead atoms. The molecule has 0 amide bonds. The van der Waals surface area contributed by atoms with Crippen molar-refractivity contribution in [3.63, 3.8) is 0 Å². The average Bonchev–Trinajstić information content (AvgIpc) is 2.62. The molecule has 1 saturated heterocycles. The first-order valence-electron chi connectivity index (χ1n) is 8.17. The lowest BCUT2D eigenvalue weighted by Gasteiger charge is -2.30. The Morgan fingerprint density at radius 2 is 1.87 bits per heavy atom. The number of rotatable bonds is 3. The Balaban J connectivity index is 2.18. The van der Waals surface area contributed by atoms with Gasteiger partial charge < -0.3 is 10.2 Å². The summed E-state index contributed by atoms with van der Waals surface area (Å²) in [6.45, 7) is 7.92. The van der Waals surface area contributed by atoms with Crippen molar-refractivity contribution in [2.45, 2.75) is 19.8 Å². The first-order valence-corrected chi connectivity index (χ1v) is 8.17. The van der Waals surface area contributed by atoms with Crippen molar-refractivity contribution in [1.82, 2.24) is 10.3 Å². The van der Waals surface area contributed by atoms with Gasteiger partial charge in [-0.1, -0.05) is 44.2 Å². The Morgan fingerprint density at radius 3 is 2.48 bits per heavy atom. The Morgan fingerprint density at radius 1 is 1.17 bits per heavy atom. The second-order valence-corrected chi connectivity index (χ2v) is 6.16. The monoisotopic (exact) mass is 306 g/mol. The minimum absolute atomic E-state index is 0.326. The number of pyridine rings is 1.